The summed E-state index contributed by atoms with van der Waals surface area (Å²) in [7, 11) is 0. The Labute approximate surface area is 85.1 Å². The summed E-state index contributed by atoms with van der Waals surface area (Å²) < 4.78 is 5.59. The Morgan fingerprint density at radius 2 is 1.86 bits per heavy atom. The molecule has 0 amide bonds. The fraction of sp³-hybridized carbons (Fsp3) is 0.417. The molecule has 1 atom stereocenters. The third kappa shape index (κ3) is 3.10. The average Bonchev–Trinajstić information content (AvgIpc) is 2.01. The molecule has 0 aliphatic heterocycles. The zero-order valence-corrected chi connectivity index (χ0v) is 8.87. The fourth-order valence-electron chi connectivity index (χ4n) is 1.40. The summed E-state index contributed by atoms with van der Waals surface area (Å²) in [5.74, 6) is 0.852. The first-order chi connectivity index (χ1) is 6.61. The van der Waals surface area contributed by atoms with Gasteiger partial charge in [-0.3, -0.25) is 0 Å². The molecule has 0 aromatic heterocycles. The van der Waals surface area contributed by atoms with Crippen molar-refractivity contribution in [1.29, 1.82) is 5.26 Å². The van der Waals surface area contributed by atoms with Gasteiger partial charge in [0.15, 0.2) is 0 Å². The minimum atomic E-state index is -0.0406. The lowest BCUT2D eigenvalue weighted by molar-refractivity contribution is 0.227. The molecule has 0 radical (unpaired) electrons. The summed E-state index contributed by atoms with van der Waals surface area (Å²) in [6.45, 7) is 5.98. The van der Waals surface area contributed by atoms with Gasteiger partial charge in [0.05, 0.1) is 12.5 Å². The third-order valence-electron chi connectivity index (χ3n) is 1.91. The Bertz CT molecular complexity index is 332. The molecule has 0 bridgehead atoms. The molecule has 0 heterocycles. The predicted octanol–water partition coefficient (Wildman–Crippen LogP) is 2.98. The Kier molecular flexibility index (Phi) is 3.53. The fourth-order valence-corrected chi connectivity index (χ4v) is 1.40. The van der Waals surface area contributed by atoms with Gasteiger partial charge >= 0.3 is 0 Å². The second-order valence-electron chi connectivity index (χ2n) is 3.61. The summed E-state index contributed by atoms with van der Waals surface area (Å²) in [5.41, 5.74) is 2.37. The van der Waals surface area contributed by atoms with Crippen LogP contribution in [0.15, 0.2) is 18.2 Å². The van der Waals surface area contributed by atoms with E-state index in [-0.39, 0.29) is 6.10 Å². The molecule has 0 spiro atoms. The molecular formula is C12H15NO. The molecule has 0 aliphatic rings. The van der Waals surface area contributed by atoms with Gasteiger partial charge in [0, 0.05) is 0 Å². The highest BCUT2D eigenvalue weighted by atomic mass is 16.5. The Hall–Kier alpha value is -1.49. The minimum Gasteiger partial charge on any atom is -0.490 e. The topological polar surface area (TPSA) is 33.0 Å². The van der Waals surface area contributed by atoms with Gasteiger partial charge in [0.1, 0.15) is 11.9 Å². The van der Waals surface area contributed by atoms with Crippen LogP contribution in [0.25, 0.3) is 0 Å². The van der Waals surface area contributed by atoms with Gasteiger partial charge in [0.25, 0.3) is 0 Å². The van der Waals surface area contributed by atoms with E-state index in [2.05, 4.69) is 12.1 Å². The van der Waals surface area contributed by atoms with Crippen molar-refractivity contribution in [3.63, 3.8) is 0 Å². The van der Waals surface area contributed by atoms with Crippen LogP contribution in [0.2, 0.25) is 0 Å². The Morgan fingerprint density at radius 3 is 2.36 bits per heavy atom. The van der Waals surface area contributed by atoms with Gasteiger partial charge in [-0.25, -0.2) is 0 Å². The molecule has 2 heteroatoms. The zero-order chi connectivity index (χ0) is 10.6. The highest BCUT2D eigenvalue weighted by Gasteiger charge is 2.03. The summed E-state index contributed by atoms with van der Waals surface area (Å²) in [6, 6.07) is 8.16. The third-order valence-corrected chi connectivity index (χ3v) is 1.91. The van der Waals surface area contributed by atoms with Crippen molar-refractivity contribution in [2.45, 2.75) is 33.3 Å². The van der Waals surface area contributed by atoms with E-state index in [0.29, 0.717) is 6.42 Å². The van der Waals surface area contributed by atoms with Crippen LogP contribution >= 0.6 is 0 Å². The van der Waals surface area contributed by atoms with E-state index in [1.165, 1.54) is 11.1 Å². The lowest BCUT2D eigenvalue weighted by atomic mass is 10.1. The van der Waals surface area contributed by atoms with Crippen LogP contribution in [0.1, 0.15) is 24.5 Å². The maximum Gasteiger partial charge on any atom is 0.120 e. The molecular weight excluding hydrogens is 174 g/mol. The average molecular weight is 189 g/mol. The van der Waals surface area contributed by atoms with Crippen LogP contribution in [0.5, 0.6) is 5.75 Å². The maximum atomic E-state index is 8.49. The smallest absolute Gasteiger partial charge is 0.120 e. The van der Waals surface area contributed by atoms with Gasteiger partial charge in [0.2, 0.25) is 0 Å². The molecule has 1 aromatic carbocycles. The number of benzene rings is 1. The molecule has 1 aromatic rings. The molecule has 0 aliphatic carbocycles. The summed E-state index contributed by atoms with van der Waals surface area (Å²) in [5, 5.41) is 8.49. The van der Waals surface area contributed by atoms with E-state index in [1.807, 2.05) is 32.9 Å². The normalized spacial score (nSPS) is 11.9. The van der Waals surface area contributed by atoms with Gasteiger partial charge in [-0.15, -0.1) is 0 Å². The summed E-state index contributed by atoms with van der Waals surface area (Å²) >= 11 is 0. The Morgan fingerprint density at radius 1 is 1.29 bits per heavy atom. The molecule has 14 heavy (non-hydrogen) atoms. The molecule has 0 saturated heterocycles. The van der Waals surface area contributed by atoms with E-state index < -0.39 is 0 Å². The first kappa shape index (κ1) is 10.6. The number of hydrogen-bond donors (Lipinski definition) is 0. The van der Waals surface area contributed by atoms with Gasteiger partial charge in [-0.1, -0.05) is 6.07 Å². The predicted molar refractivity (Wildman–Crippen MR) is 56.2 cm³/mol. The van der Waals surface area contributed by atoms with Crippen molar-refractivity contribution in [2.75, 3.05) is 0 Å². The number of rotatable bonds is 3. The number of aryl methyl sites for hydroxylation is 2. The van der Waals surface area contributed by atoms with E-state index in [1.54, 1.807) is 0 Å². The molecule has 74 valence electrons. The summed E-state index contributed by atoms with van der Waals surface area (Å²) in [4.78, 5) is 0. The molecule has 0 saturated carbocycles. The lowest BCUT2D eigenvalue weighted by Crippen LogP contribution is -2.10. The second-order valence-corrected chi connectivity index (χ2v) is 3.61. The van der Waals surface area contributed by atoms with Crippen molar-refractivity contribution in [3.05, 3.63) is 29.3 Å². The molecule has 2 nitrogen and oxygen atoms in total. The molecule has 1 unspecified atom stereocenters. The Balaban J connectivity index is 2.72. The van der Waals surface area contributed by atoms with E-state index in [0.717, 1.165) is 5.75 Å². The van der Waals surface area contributed by atoms with E-state index >= 15 is 0 Å². The monoisotopic (exact) mass is 189 g/mol. The van der Waals surface area contributed by atoms with Crippen molar-refractivity contribution in [2.24, 2.45) is 0 Å². The number of nitrogens with zero attached hydrogens (tertiary/aromatic N) is 1. The van der Waals surface area contributed by atoms with Gasteiger partial charge in [-0.05, 0) is 44.0 Å². The first-order valence-corrected chi connectivity index (χ1v) is 4.73. The van der Waals surface area contributed by atoms with Crippen LogP contribution in [-0.2, 0) is 0 Å². The van der Waals surface area contributed by atoms with E-state index in [4.69, 9.17) is 10.00 Å². The quantitative estimate of drug-likeness (QED) is 0.732. The van der Waals surface area contributed by atoms with Crippen LogP contribution in [-0.4, -0.2) is 6.10 Å². The number of hydrogen-bond acceptors (Lipinski definition) is 2. The standard InChI is InChI=1S/C12H15NO/c1-9-6-10(2)8-12(7-9)14-11(3)4-5-13/h6-8,11H,4H2,1-3H3. The summed E-state index contributed by atoms with van der Waals surface area (Å²) in [6.07, 6.45) is 0.383. The van der Waals surface area contributed by atoms with Crippen molar-refractivity contribution >= 4 is 0 Å². The van der Waals surface area contributed by atoms with Gasteiger partial charge < -0.3 is 4.74 Å². The second kappa shape index (κ2) is 4.66. The van der Waals surface area contributed by atoms with E-state index in [9.17, 15) is 0 Å². The first-order valence-electron chi connectivity index (χ1n) is 4.73. The van der Waals surface area contributed by atoms with Crippen molar-refractivity contribution < 1.29 is 4.74 Å². The highest BCUT2D eigenvalue weighted by molar-refractivity contribution is 5.33. The van der Waals surface area contributed by atoms with Crippen LogP contribution < -0.4 is 4.74 Å². The lowest BCUT2D eigenvalue weighted by Gasteiger charge is -2.12. The van der Waals surface area contributed by atoms with Crippen LogP contribution in [0, 0.1) is 25.2 Å². The number of nitriles is 1. The minimum absolute atomic E-state index is 0.0406. The molecule has 1 rings (SSSR count). The van der Waals surface area contributed by atoms with Crippen LogP contribution in [0.3, 0.4) is 0 Å². The zero-order valence-electron chi connectivity index (χ0n) is 8.87. The maximum absolute atomic E-state index is 8.49. The largest absolute Gasteiger partial charge is 0.490 e. The van der Waals surface area contributed by atoms with Gasteiger partial charge in [-0.2, -0.15) is 5.26 Å². The SMILES string of the molecule is Cc1cc(C)cc(OC(C)CC#N)c1. The highest BCUT2D eigenvalue weighted by Crippen LogP contribution is 2.18. The number of ether oxygens (including phenoxy) is 1. The van der Waals surface area contributed by atoms with Crippen molar-refractivity contribution in [3.8, 4) is 11.8 Å². The molecule has 0 N–H and O–H groups in total. The van der Waals surface area contributed by atoms with Crippen LogP contribution in [0.4, 0.5) is 0 Å². The van der Waals surface area contributed by atoms with Crippen molar-refractivity contribution in [1.82, 2.24) is 0 Å². The molecule has 0 fully saturated rings.